The van der Waals surface area contributed by atoms with Gasteiger partial charge in [0.1, 0.15) is 0 Å². The monoisotopic (exact) mass is 855 g/mol. The van der Waals surface area contributed by atoms with Gasteiger partial charge < -0.3 is 0 Å². The van der Waals surface area contributed by atoms with Crippen LogP contribution in [0.5, 0.6) is 0 Å². The molecule has 0 aliphatic rings. The molecule has 4 heteroatoms. The van der Waals surface area contributed by atoms with Gasteiger partial charge >= 0.3 is 377 Å². The van der Waals surface area contributed by atoms with Crippen LogP contribution in [0.1, 0.15) is 184 Å². The van der Waals surface area contributed by atoms with E-state index in [4.69, 9.17) is 0 Å². The molecule has 0 unspecified atom stereocenters. The van der Waals surface area contributed by atoms with E-state index in [0.29, 0.717) is 5.56 Å². The Bertz CT molecular complexity index is 2740. The van der Waals surface area contributed by atoms with Crippen LogP contribution in [0.2, 0.25) is 0 Å². The number of fused-ring (bicyclic) bond motifs is 3. The second-order valence-corrected chi connectivity index (χ2v) is 28.8. The van der Waals surface area contributed by atoms with Gasteiger partial charge in [0, 0.05) is 0 Å². The van der Waals surface area contributed by atoms with E-state index in [2.05, 4.69) is 206 Å². The Morgan fingerprint density at radius 3 is 1.13 bits per heavy atom. The van der Waals surface area contributed by atoms with E-state index in [1.54, 1.807) is 0 Å². The van der Waals surface area contributed by atoms with Crippen LogP contribution in [0.25, 0.3) is 43.4 Å². The van der Waals surface area contributed by atoms with Gasteiger partial charge in [0.15, 0.2) is 0 Å². The first-order valence-electron chi connectivity index (χ1n) is 22.8. The molecule has 0 saturated heterocycles. The summed E-state index contributed by atoms with van der Waals surface area (Å²) in [4.78, 5) is 40.6. The van der Waals surface area contributed by atoms with Gasteiger partial charge in [0.2, 0.25) is 0 Å². The zero-order valence-corrected chi connectivity index (χ0v) is 43.2. The van der Waals surface area contributed by atoms with E-state index in [9.17, 15) is 14.7 Å². The fraction of sp³-hybridized carbons (Fsp3) is 0.483. The van der Waals surface area contributed by atoms with Gasteiger partial charge in [-0.3, -0.25) is 0 Å². The van der Waals surface area contributed by atoms with E-state index in [1.165, 1.54) is 22.3 Å². The maximum absolute atomic E-state index is 13.5. The predicted molar refractivity (Wildman–Crippen MR) is 275 cm³/mol. The third-order valence-electron chi connectivity index (χ3n) is 13.1. The predicted octanol–water partition coefficient (Wildman–Crippen LogP) is 15.1. The summed E-state index contributed by atoms with van der Waals surface area (Å²) in [5.41, 5.74) is 7.79. The molecule has 6 rings (SSSR count). The Hall–Kier alpha value is -3.59. The first-order chi connectivity index (χ1) is 27.7. The van der Waals surface area contributed by atoms with Gasteiger partial charge in [0.05, 0.1) is 0 Å². The van der Waals surface area contributed by atoms with Crippen molar-refractivity contribution in [2.45, 2.75) is 183 Å². The van der Waals surface area contributed by atoms with Crippen LogP contribution in [-0.4, -0.2) is 14.7 Å². The molecule has 0 amide bonds. The van der Waals surface area contributed by atoms with Crippen LogP contribution < -0.4 is 10.6 Å². The van der Waals surface area contributed by atoms with Gasteiger partial charge in [-0.05, 0) is 0 Å². The van der Waals surface area contributed by atoms with E-state index in [1.807, 2.05) is 18.2 Å². The number of hydrogen-bond acceptors (Lipinski definition) is 3. The molecular weight excluding hydrogens is 776 g/mol. The standard InChI is InChI=1S/C58H79O3P/c1-52(2,3)38-23-24-41-35(26-38)22-25-49(51(41)44-33-42-36(29-45(44)55(10,11)12)27-39(53(4,5)6)31-46(42)56(13,14)15)62(59,60,61)50-34-43-37(30-48(50)58(19,20)21)28-40(54(7,8)9)32-47(43)57(16,17)18/h22-34,59-61H,1-21H3. The summed E-state index contributed by atoms with van der Waals surface area (Å²) in [5.74, 6) is 0. The number of benzene rings is 6. The van der Waals surface area contributed by atoms with Crippen molar-refractivity contribution in [1.29, 1.82) is 0 Å². The van der Waals surface area contributed by atoms with Crippen molar-refractivity contribution < 1.29 is 14.7 Å². The Kier molecular flexibility index (Phi) is 11.2. The van der Waals surface area contributed by atoms with E-state index >= 15 is 0 Å². The minimum absolute atomic E-state index is 0.0595. The van der Waals surface area contributed by atoms with Crippen molar-refractivity contribution in [3.8, 4) is 11.1 Å². The van der Waals surface area contributed by atoms with Crippen LogP contribution in [0, 0.1) is 0 Å². The quantitative estimate of drug-likeness (QED) is 0.155. The Morgan fingerprint density at radius 1 is 0.306 bits per heavy atom. The van der Waals surface area contributed by atoms with Gasteiger partial charge in [-0.2, -0.15) is 0 Å². The van der Waals surface area contributed by atoms with E-state index in [0.717, 1.165) is 54.6 Å². The summed E-state index contributed by atoms with van der Waals surface area (Å²) in [7, 11) is -6.02. The van der Waals surface area contributed by atoms with Crippen LogP contribution in [-0.2, 0) is 37.9 Å². The van der Waals surface area contributed by atoms with E-state index < -0.39 is 12.7 Å². The van der Waals surface area contributed by atoms with Crippen molar-refractivity contribution in [3.63, 3.8) is 0 Å². The Labute approximate surface area is 375 Å². The van der Waals surface area contributed by atoms with Crippen molar-refractivity contribution in [2.24, 2.45) is 0 Å². The summed E-state index contributed by atoms with van der Waals surface area (Å²) >= 11 is 0. The third kappa shape index (κ3) is 8.78. The zero-order valence-electron chi connectivity index (χ0n) is 42.3. The molecule has 62 heavy (non-hydrogen) atoms. The van der Waals surface area contributed by atoms with Crippen LogP contribution in [0.4, 0.5) is 0 Å². The molecule has 0 saturated carbocycles. The second kappa shape index (κ2) is 14.5. The first kappa shape index (κ1) is 47.9. The minimum atomic E-state index is -6.02. The zero-order chi connectivity index (χ0) is 47.0. The fourth-order valence-electron chi connectivity index (χ4n) is 9.23. The summed E-state index contributed by atoms with van der Waals surface area (Å²) in [6, 6.07) is 28.3. The van der Waals surface area contributed by atoms with Crippen molar-refractivity contribution in [2.75, 3.05) is 0 Å². The molecule has 6 aromatic rings. The van der Waals surface area contributed by atoms with Gasteiger partial charge in [0.25, 0.3) is 0 Å². The normalized spacial score (nSPS) is 14.8. The third-order valence-corrected chi connectivity index (χ3v) is 15.7. The average Bonchev–Trinajstić information content (AvgIpc) is 3.09. The molecule has 0 aromatic heterocycles. The fourth-order valence-corrected chi connectivity index (χ4v) is 11.7. The molecule has 0 atom stereocenters. The molecule has 0 fully saturated rings. The SMILES string of the molecule is CC(C)(C)c1cc(C(C)(C)C)c2cc(-c3c(P(O)(O)(O)c4cc5c(C(C)(C)C)cc(C(C)(C)C)cc5cc4C(C)(C)C)ccc4cc(C(C)(C)C)ccc34)c(C(C)(C)C)cc2c1. The van der Waals surface area contributed by atoms with Gasteiger partial charge in [-0.25, -0.2) is 0 Å². The number of hydrogen-bond donors (Lipinski definition) is 3. The van der Waals surface area contributed by atoms with Gasteiger partial charge in [-0.15, -0.1) is 0 Å². The molecule has 0 aliphatic carbocycles. The topological polar surface area (TPSA) is 60.7 Å². The molecule has 0 radical (unpaired) electrons. The van der Waals surface area contributed by atoms with Crippen LogP contribution in [0.15, 0.2) is 78.9 Å². The average molecular weight is 855 g/mol. The van der Waals surface area contributed by atoms with Gasteiger partial charge in [-0.1, -0.05) is 0 Å². The molecule has 334 valence electrons. The van der Waals surface area contributed by atoms with Crippen molar-refractivity contribution in [3.05, 3.63) is 118 Å². The van der Waals surface area contributed by atoms with Crippen LogP contribution in [0.3, 0.4) is 0 Å². The summed E-state index contributed by atoms with van der Waals surface area (Å²) in [6.07, 6.45) is 0. The molecule has 3 N–H and O–H groups in total. The molecule has 3 nitrogen and oxygen atoms in total. The summed E-state index contributed by atoms with van der Waals surface area (Å²) < 4.78 is 0. The Morgan fingerprint density at radius 2 is 0.710 bits per heavy atom. The van der Waals surface area contributed by atoms with Crippen molar-refractivity contribution >= 4 is 50.2 Å². The summed E-state index contributed by atoms with van der Waals surface area (Å²) in [5, 5.41) is 6.46. The second-order valence-electron chi connectivity index (χ2n) is 25.9. The first-order valence-corrected chi connectivity index (χ1v) is 24.9. The molecular formula is C58H79O3P. The molecule has 0 spiro atoms. The maximum atomic E-state index is 13.5. The van der Waals surface area contributed by atoms with E-state index in [-0.39, 0.29) is 43.1 Å². The van der Waals surface area contributed by atoms with Crippen molar-refractivity contribution in [1.82, 2.24) is 0 Å². The number of rotatable bonds is 3. The Balaban J connectivity index is 1.87. The molecule has 0 aliphatic heterocycles. The molecule has 0 bridgehead atoms. The summed E-state index contributed by atoms with van der Waals surface area (Å²) in [6.45, 7) is 46.6. The van der Waals surface area contributed by atoms with Crippen LogP contribution >= 0.6 is 7.28 Å². The molecule has 6 aromatic carbocycles. The molecule has 0 heterocycles.